The topological polar surface area (TPSA) is 43.6 Å². The van der Waals surface area contributed by atoms with E-state index >= 15 is 0 Å². The van der Waals surface area contributed by atoms with Gasteiger partial charge in [-0.2, -0.15) is 0 Å². The lowest BCUT2D eigenvalue weighted by atomic mass is 10.1. The summed E-state index contributed by atoms with van der Waals surface area (Å²) < 4.78 is 2.16. The second-order valence-electron chi connectivity index (χ2n) is 5.97. The van der Waals surface area contributed by atoms with Crippen LogP contribution < -0.4 is 0 Å². The van der Waals surface area contributed by atoms with Crippen molar-refractivity contribution >= 4 is 0 Å². The molecule has 1 aliphatic rings. The number of aromatic nitrogens is 4. The predicted molar refractivity (Wildman–Crippen MR) is 86.4 cm³/mol. The Balaban J connectivity index is 1.65. The standard InChI is InChI=1S/C18H18N4/c1-12-9-10-19-17(20-12)14-5-3-13(4-6-14)16-11-22(2)18(21-16)15-7-8-15/h3-6,9-11,15H,7-8H2,1-2H3. The molecule has 4 heteroatoms. The third kappa shape index (κ3) is 2.41. The highest BCUT2D eigenvalue weighted by molar-refractivity contribution is 5.65. The van der Waals surface area contributed by atoms with Crippen molar-refractivity contribution in [2.24, 2.45) is 7.05 Å². The van der Waals surface area contributed by atoms with Crippen LogP contribution in [-0.4, -0.2) is 19.5 Å². The van der Waals surface area contributed by atoms with Crippen LogP contribution in [0.1, 0.15) is 30.3 Å². The quantitative estimate of drug-likeness (QED) is 0.738. The normalized spacial score (nSPS) is 14.3. The molecule has 1 fully saturated rings. The molecule has 0 N–H and O–H groups in total. The Kier molecular flexibility index (Phi) is 3.03. The van der Waals surface area contributed by atoms with Gasteiger partial charge in [-0.3, -0.25) is 0 Å². The number of aryl methyl sites for hydroxylation is 2. The number of nitrogens with zero attached hydrogens (tertiary/aromatic N) is 4. The molecule has 0 amide bonds. The first-order chi connectivity index (χ1) is 10.7. The van der Waals surface area contributed by atoms with E-state index in [1.165, 1.54) is 18.7 Å². The van der Waals surface area contributed by atoms with Gasteiger partial charge in [0, 0.05) is 42.2 Å². The largest absolute Gasteiger partial charge is 0.337 e. The summed E-state index contributed by atoms with van der Waals surface area (Å²) in [5.41, 5.74) is 4.19. The van der Waals surface area contributed by atoms with E-state index in [4.69, 9.17) is 4.98 Å². The van der Waals surface area contributed by atoms with Gasteiger partial charge in [-0.15, -0.1) is 0 Å². The average Bonchev–Trinajstić information content (AvgIpc) is 3.30. The van der Waals surface area contributed by atoms with Crippen LogP contribution in [0.25, 0.3) is 22.6 Å². The van der Waals surface area contributed by atoms with Gasteiger partial charge in [0.1, 0.15) is 5.82 Å². The minimum Gasteiger partial charge on any atom is -0.337 e. The van der Waals surface area contributed by atoms with E-state index in [1.807, 2.05) is 13.0 Å². The molecule has 0 radical (unpaired) electrons. The summed E-state index contributed by atoms with van der Waals surface area (Å²) in [6, 6.07) is 10.2. The summed E-state index contributed by atoms with van der Waals surface area (Å²) in [5, 5.41) is 0. The molecule has 0 unspecified atom stereocenters. The number of hydrogen-bond donors (Lipinski definition) is 0. The SMILES string of the molecule is Cc1ccnc(-c2ccc(-c3cn(C)c(C4CC4)n3)cc2)n1. The molecule has 4 rings (SSSR count). The van der Waals surface area contributed by atoms with Gasteiger partial charge in [0.15, 0.2) is 5.82 Å². The van der Waals surface area contributed by atoms with E-state index < -0.39 is 0 Å². The van der Waals surface area contributed by atoms with E-state index in [0.717, 1.165) is 28.3 Å². The zero-order chi connectivity index (χ0) is 15.1. The molecule has 4 nitrogen and oxygen atoms in total. The second kappa shape index (κ2) is 5.05. The fraction of sp³-hybridized carbons (Fsp3) is 0.278. The maximum atomic E-state index is 4.79. The molecule has 1 saturated carbocycles. The zero-order valence-electron chi connectivity index (χ0n) is 12.8. The fourth-order valence-electron chi connectivity index (χ4n) is 2.72. The first kappa shape index (κ1) is 13.2. The number of hydrogen-bond acceptors (Lipinski definition) is 3. The lowest BCUT2D eigenvalue weighted by Crippen LogP contribution is -1.93. The highest BCUT2D eigenvalue weighted by Gasteiger charge is 2.28. The van der Waals surface area contributed by atoms with Gasteiger partial charge in [0.2, 0.25) is 0 Å². The van der Waals surface area contributed by atoms with Crippen molar-refractivity contribution in [2.75, 3.05) is 0 Å². The van der Waals surface area contributed by atoms with Crippen molar-refractivity contribution in [3.8, 4) is 22.6 Å². The molecule has 0 atom stereocenters. The summed E-state index contributed by atoms with van der Waals surface area (Å²) in [7, 11) is 2.08. The van der Waals surface area contributed by atoms with Gasteiger partial charge in [0.05, 0.1) is 5.69 Å². The number of imidazole rings is 1. The molecule has 0 bridgehead atoms. The van der Waals surface area contributed by atoms with E-state index in [9.17, 15) is 0 Å². The van der Waals surface area contributed by atoms with E-state index in [1.54, 1.807) is 6.20 Å². The first-order valence-electron chi connectivity index (χ1n) is 7.64. The average molecular weight is 290 g/mol. The molecule has 3 aromatic rings. The molecular weight excluding hydrogens is 272 g/mol. The Morgan fingerprint density at radius 3 is 2.41 bits per heavy atom. The highest BCUT2D eigenvalue weighted by Crippen LogP contribution is 2.40. The zero-order valence-corrected chi connectivity index (χ0v) is 12.8. The molecule has 1 aromatic carbocycles. The van der Waals surface area contributed by atoms with Crippen LogP contribution in [0.4, 0.5) is 0 Å². The molecule has 0 aliphatic heterocycles. The van der Waals surface area contributed by atoms with E-state index in [-0.39, 0.29) is 0 Å². The van der Waals surface area contributed by atoms with Crippen molar-refractivity contribution in [1.29, 1.82) is 0 Å². The van der Waals surface area contributed by atoms with E-state index in [2.05, 4.69) is 52.0 Å². The van der Waals surface area contributed by atoms with Crippen LogP contribution in [0.2, 0.25) is 0 Å². The van der Waals surface area contributed by atoms with Gasteiger partial charge >= 0.3 is 0 Å². The summed E-state index contributed by atoms with van der Waals surface area (Å²) in [5.74, 6) is 2.64. The van der Waals surface area contributed by atoms with Crippen molar-refractivity contribution in [1.82, 2.24) is 19.5 Å². The van der Waals surface area contributed by atoms with Gasteiger partial charge < -0.3 is 4.57 Å². The minimum atomic E-state index is 0.665. The molecule has 22 heavy (non-hydrogen) atoms. The molecule has 2 aromatic heterocycles. The molecule has 0 saturated heterocycles. The lowest BCUT2D eigenvalue weighted by Gasteiger charge is -2.02. The number of rotatable bonds is 3. The summed E-state index contributed by atoms with van der Waals surface area (Å²) in [6.07, 6.45) is 6.46. The summed E-state index contributed by atoms with van der Waals surface area (Å²) in [4.78, 5) is 13.6. The summed E-state index contributed by atoms with van der Waals surface area (Å²) in [6.45, 7) is 1.98. The Morgan fingerprint density at radius 2 is 1.73 bits per heavy atom. The van der Waals surface area contributed by atoms with Gasteiger partial charge in [-0.1, -0.05) is 24.3 Å². The Bertz CT molecular complexity index is 813. The van der Waals surface area contributed by atoms with Crippen LogP contribution >= 0.6 is 0 Å². The van der Waals surface area contributed by atoms with Crippen LogP contribution in [0.3, 0.4) is 0 Å². The third-order valence-corrected chi connectivity index (χ3v) is 4.09. The summed E-state index contributed by atoms with van der Waals surface area (Å²) >= 11 is 0. The van der Waals surface area contributed by atoms with Crippen molar-refractivity contribution in [2.45, 2.75) is 25.7 Å². The highest BCUT2D eigenvalue weighted by atomic mass is 15.1. The Morgan fingerprint density at radius 1 is 1.00 bits per heavy atom. The maximum absolute atomic E-state index is 4.79. The molecule has 110 valence electrons. The van der Waals surface area contributed by atoms with Crippen molar-refractivity contribution < 1.29 is 0 Å². The predicted octanol–water partition coefficient (Wildman–Crippen LogP) is 3.73. The van der Waals surface area contributed by atoms with Crippen LogP contribution in [0, 0.1) is 6.92 Å². The fourth-order valence-corrected chi connectivity index (χ4v) is 2.72. The van der Waals surface area contributed by atoms with Crippen LogP contribution in [0.15, 0.2) is 42.7 Å². The third-order valence-electron chi connectivity index (χ3n) is 4.09. The van der Waals surface area contributed by atoms with Gasteiger partial charge in [0.25, 0.3) is 0 Å². The van der Waals surface area contributed by atoms with Gasteiger partial charge in [-0.25, -0.2) is 15.0 Å². The van der Waals surface area contributed by atoms with Gasteiger partial charge in [-0.05, 0) is 25.8 Å². The molecular formula is C18H18N4. The smallest absolute Gasteiger partial charge is 0.159 e. The molecule has 2 heterocycles. The molecule has 1 aliphatic carbocycles. The van der Waals surface area contributed by atoms with Crippen LogP contribution in [0.5, 0.6) is 0 Å². The minimum absolute atomic E-state index is 0.665. The number of benzene rings is 1. The van der Waals surface area contributed by atoms with E-state index in [0.29, 0.717) is 5.92 Å². The van der Waals surface area contributed by atoms with Crippen molar-refractivity contribution in [3.05, 3.63) is 54.2 Å². The maximum Gasteiger partial charge on any atom is 0.159 e. The first-order valence-corrected chi connectivity index (χ1v) is 7.64. The second-order valence-corrected chi connectivity index (χ2v) is 5.97. The van der Waals surface area contributed by atoms with Crippen LogP contribution in [-0.2, 0) is 7.05 Å². The monoisotopic (exact) mass is 290 g/mol. The Hall–Kier alpha value is -2.49. The Labute approximate surface area is 129 Å². The molecule has 0 spiro atoms. The lowest BCUT2D eigenvalue weighted by molar-refractivity contribution is 0.799. The van der Waals surface area contributed by atoms with Crippen molar-refractivity contribution in [3.63, 3.8) is 0 Å².